The molecule has 0 aromatic carbocycles. The van der Waals surface area contributed by atoms with Gasteiger partial charge in [-0.3, -0.25) is 0 Å². The molecule has 0 bridgehead atoms. The largest absolute Gasteiger partial charge is 0.434 e. The summed E-state index contributed by atoms with van der Waals surface area (Å²) in [6, 6.07) is 0. The number of rotatable bonds is 3. The van der Waals surface area contributed by atoms with Crippen molar-refractivity contribution in [2.24, 2.45) is 0 Å². The van der Waals surface area contributed by atoms with Crippen molar-refractivity contribution in [3.05, 3.63) is 36.4 Å². The molecule has 0 fully saturated rings. The second-order valence-electron chi connectivity index (χ2n) is 3.32. The maximum atomic E-state index is 12.5. The van der Waals surface area contributed by atoms with E-state index in [4.69, 9.17) is 0 Å². The van der Waals surface area contributed by atoms with Gasteiger partial charge < -0.3 is 4.57 Å². The Morgan fingerprint density at radius 2 is 2.19 bits per heavy atom. The van der Waals surface area contributed by atoms with E-state index in [0.717, 1.165) is 6.20 Å². The minimum absolute atomic E-state index is 0.328. The molecule has 0 amide bonds. The van der Waals surface area contributed by atoms with Gasteiger partial charge in [-0.15, -0.1) is 0 Å². The molecule has 0 spiro atoms. The molecule has 0 N–H and O–H groups in total. The summed E-state index contributed by atoms with van der Waals surface area (Å²) in [6.07, 6.45) is -0.217. The van der Waals surface area contributed by atoms with Crippen LogP contribution in [0.4, 0.5) is 13.2 Å². The first-order chi connectivity index (χ1) is 7.40. The zero-order valence-corrected chi connectivity index (χ0v) is 9.17. The van der Waals surface area contributed by atoms with Crippen LogP contribution in [0.5, 0.6) is 0 Å². The fourth-order valence-corrected chi connectivity index (χ4v) is 1.36. The van der Waals surface area contributed by atoms with E-state index in [-0.39, 0.29) is 0 Å². The quantitative estimate of drug-likeness (QED) is 0.726. The zero-order valence-electron chi connectivity index (χ0n) is 9.17. The molecule has 0 aliphatic carbocycles. The minimum atomic E-state index is -4.40. The summed E-state index contributed by atoms with van der Waals surface area (Å²) >= 11 is 0. The Balaban J connectivity index is 3.24. The predicted molar refractivity (Wildman–Crippen MR) is 56.8 cm³/mol. The van der Waals surface area contributed by atoms with Gasteiger partial charge in [-0.25, -0.2) is 4.98 Å². The van der Waals surface area contributed by atoms with Crippen LogP contribution >= 0.6 is 0 Å². The standard InChI is InChI=1S/C11H13F3N2/c1-4-6-8(3)10-15-9(11(12,13)14)7-16(10)5-2/h4,6-7H,1,5H2,2-3H3/b8-6+. The van der Waals surface area contributed by atoms with Crippen LogP contribution in [-0.4, -0.2) is 9.55 Å². The molecule has 88 valence electrons. The number of allylic oxidation sites excluding steroid dienone is 3. The number of halogens is 3. The molecule has 0 saturated carbocycles. The molecule has 1 aromatic heterocycles. The average molecular weight is 230 g/mol. The molecule has 0 aliphatic heterocycles. The van der Waals surface area contributed by atoms with Gasteiger partial charge in [-0.1, -0.05) is 18.7 Å². The van der Waals surface area contributed by atoms with Crippen LogP contribution < -0.4 is 0 Å². The Kier molecular flexibility index (Phi) is 3.57. The fourth-order valence-electron chi connectivity index (χ4n) is 1.36. The normalized spacial score (nSPS) is 12.9. The van der Waals surface area contributed by atoms with Crippen molar-refractivity contribution in [2.75, 3.05) is 0 Å². The topological polar surface area (TPSA) is 17.8 Å². The number of hydrogen-bond acceptors (Lipinski definition) is 1. The van der Waals surface area contributed by atoms with Crippen LogP contribution in [0.15, 0.2) is 24.9 Å². The van der Waals surface area contributed by atoms with Gasteiger partial charge in [-0.05, 0) is 19.4 Å². The second kappa shape index (κ2) is 4.55. The highest BCUT2D eigenvalue weighted by Crippen LogP contribution is 2.29. The van der Waals surface area contributed by atoms with E-state index in [2.05, 4.69) is 11.6 Å². The first-order valence-corrected chi connectivity index (χ1v) is 4.84. The highest BCUT2D eigenvalue weighted by molar-refractivity contribution is 5.60. The van der Waals surface area contributed by atoms with E-state index in [1.54, 1.807) is 19.9 Å². The Morgan fingerprint density at radius 1 is 1.56 bits per heavy atom. The van der Waals surface area contributed by atoms with Crippen LogP contribution in [-0.2, 0) is 12.7 Å². The van der Waals surface area contributed by atoms with Crippen molar-refractivity contribution >= 4 is 5.57 Å². The molecular weight excluding hydrogens is 217 g/mol. The van der Waals surface area contributed by atoms with Gasteiger partial charge in [-0.2, -0.15) is 13.2 Å². The van der Waals surface area contributed by atoms with Crippen LogP contribution in [0.3, 0.4) is 0 Å². The summed E-state index contributed by atoms with van der Waals surface area (Å²) in [4.78, 5) is 3.59. The van der Waals surface area contributed by atoms with Gasteiger partial charge in [0.1, 0.15) is 5.82 Å². The zero-order chi connectivity index (χ0) is 12.3. The van der Waals surface area contributed by atoms with E-state index in [1.807, 2.05) is 0 Å². The van der Waals surface area contributed by atoms with E-state index < -0.39 is 11.9 Å². The number of imidazole rings is 1. The molecule has 1 aromatic rings. The Bertz CT molecular complexity index is 413. The van der Waals surface area contributed by atoms with Crippen molar-refractivity contribution < 1.29 is 13.2 Å². The van der Waals surface area contributed by atoms with Crippen LogP contribution in [0.25, 0.3) is 5.57 Å². The molecule has 0 saturated heterocycles. The van der Waals surface area contributed by atoms with Crippen LogP contribution in [0, 0.1) is 0 Å². The summed E-state index contributed by atoms with van der Waals surface area (Å²) in [7, 11) is 0. The second-order valence-corrected chi connectivity index (χ2v) is 3.32. The number of alkyl halides is 3. The molecule has 0 atom stereocenters. The molecule has 5 heteroatoms. The van der Waals surface area contributed by atoms with Gasteiger partial charge >= 0.3 is 6.18 Å². The molecule has 0 aliphatic rings. The maximum Gasteiger partial charge on any atom is 0.434 e. The molecule has 16 heavy (non-hydrogen) atoms. The van der Waals surface area contributed by atoms with Gasteiger partial charge in [0.2, 0.25) is 0 Å². The van der Waals surface area contributed by atoms with Crippen molar-refractivity contribution in [2.45, 2.75) is 26.6 Å². The third kappa shape index (κ3) is 2.53. The Morgan fingerprint density at radius 3 is 2.62 bits per heavy atom. The predicted octanol–water partition coefficient (Wildman–Crippen LogP) is 3.51. The molecule has 1 rings (SSSR count). The lowest BCUT2D eigenvalue weighted by atomic mass is 10.2. The smallest absolute Gasteiger partial charge is 0.331 e. The van der Waals surface area contributed by atoms with Gasteiger partial charge in [0.05, 0.1) is 0 Å². The maximum absolute atomic E-state index is 12.5. The van der Waals surface area contributed by atoms with Crippen molar-refractivity contribution in [1.82, 2.24) is 9.55 Å². The molecule has 0 radical (unpaired) electrons. The van der Waals surface area contributed by atoms with E-state index in [9.17, 15) is 13.2 Å². The first kappa shape index (κ1) is 12.5. The van der Waals surface area contributed by atoms with E-state index in [0.29, 0.717) is 17.9 Å². The Hall–Kier alpha value is -1.52. The Labute approximate surface area is 92.1 Å². The van der Waals surface area contributed by atoms with E-state index in [1.165, 1.54) is 10.6 Å². The lowest BCUT2D eigenvalue weighted by Gasteiger charge is -2.02. The number of aryl methyl sites for hydroxylation is 1. The van der Waals surface area contributed by atoms with Crippen molar-refractivity contribution in [1.29, 1.82) is 0 Å². The third-order valence-corrected chi connectivity index (χ3v) is 2.13. The summed E-state index contributed by atoms with van der Waals surface area (Å²) < 4.78 is 38.8. The van der Waals surface area contributed by atoms with Gasteiger partial charge in [0.15, 0.2) is 5.69 Å². The minimum Gasteiger partial charge on any atom is -0.331 e. The summed E-state index contributed by atoms with van der Waals surface area (Å²) in [5.41, 5.74) is -0.200. The van der Waals surface area contributed by atoms with E-state index >= 15 is 0 Å². The summed E-state index contributed by atoms with van der Waals surface area (Å²) in [5.74, 6) is 0.328. The lowest BCUT2D eigenvalue weighted by molar-refractivity contribution is -0.141. The van der Waals surface area contributed by atoms with Crippen molar-refractivity contribution in [3.63, 3.8) is 0 Å². The lowest BCUT2D eigenvalue weighted by Crippen LogP contribution is -2.05. The molecular formula is C11H13F3N2. The third-order valence-electron chi connectivity index (χ3n) is 2.13. The number of nitrogens with zero attached hydrogens (tertiary/aromatic N) is 2. The highest BCUT2D eigenvalue weighted by Gasteiger charge is 2.34. The van der Waals surface area contributed by atoms with Gasteiger partial charge in [0.25, 0.3) is 0 Å². The highest BCUT2D eigenvalue weighted by atomic mass is 19.4. The average Bonchev–Trinajstić information content (AvgIpc) is 2.61. The first-order valence-electron chi connectivity index (χ1n) is 4.84. The van der Waals surface area contributed by atoms with Crippen molar-refractivity contribution in [3.8, 4) is 0 Å². The molecule has 1 heterocycles. The molecule has 0 unspecified atom stereocenters. The molecule has 2 nitrogen and oxygen atoms in total. The van der Waals surface area contributed by atoms with Crippen LogP contribution in [0.1, 0.15) is 25.4 Å². The monoisotopic (exact) mass is 230 g/mol. The number of hydrogen-bond donors (Lipinski definition) is 0. The van der Waals surface area contributed by atoms with Gasteiger partial charge in [0, 0.05) is 12.7 Å². The number of aromatic nitrogens is 2. The fraction of sp³-hybridized carbons (Fsp3) is 0.364. The summed E-state index contributed by atoms with van der Waals surface area (Å²) in [5, 5.41) is 0. The summed E-state index contributed by atoms with van der Waals surface area (Å²) in [6.45, 7) is 7.42. The van der Waals surface area contributed by atoms with Crippen LogP contribution in [0.2, 0.25) is 0 Å². The SMILES string of the molecule is C=C/C=C(\C)c1nc(C(F)(F)F)cn1CC.